The van der Waals surface area contributed by atoms with E-state index in [0.29, 0.717) is 17.3 Å². The maximum Gasteiger partial charge on any atom is 0.260 e. The van der Waals surface area contributed by atoms with Crippen LogP contribution in [0.1, 0.15) is 27.2 Å². The minimum Gasteiger partial charge on any atom is -0.278 e. The van der Waals surface area contributed by atoms with Gasteiger partial charge >= 0.3 is 0 Å². The van der Waals surface area contributed by atoms with Gasteiger partial charge in [0.25, 0.3) is 11.8 Å². The Labute approximate surface area is 81.4 Å². The molecular weight excluding hydrogens is 185 g/mol. The fourth-order valence-electron chi connectivity index (χ4n) is 1.06. The van der Waals surface area contributed by atoms with E-state index in [1.165, 1.54) is 7.05 Å². The molecule has 0 N–H and O–H groups in total. The van der Waals surface area contributed by atoms with Crippen LogP contribution in [0.5, 0.6) is 0 Å². The monoisotopic (exact) mass is 201 g/mol. The number of hydrogen-bond acceptors (Lipinski definition) is 2. The fourth-order valence-corrected chi connectivity index (χ4v) is 1.58. The molecule has 74 valence electrons. The third-order valence-electron chi connectivity index (χ3n) is 1.78. The lowest BCUT2D eigenvalue weighted by Crippen LogP contribution is -2.26. The molecule has 0 aromatic heterocycles. The van der Waals surface area contributed by atoms with Crippen LogP contribution in [-0.2, 0) is 9.59 Å². The summed E-state index contributed by atoms with van der Waals surface area (Å²) < 4.78 is 0. The molecule has 0 saturated heterocycles. The van der Waals surface area contributed by atoms with E-state index in [1.54, 1.807) is 0 Å². The Hall–Kier alpha value is -0.690. The van der Waals surface area contributed by atoms with Gasteiger partial charge in [0.1, 0.15) is 0 Å². The molecule has 0 bridgehead atoms. The second-order valence-corrected chi connectivity index (χ2v) is 2.99. The Morgan fingerprint density at radius 2 is 1.69 bits per heavy atom. The molecule has 0 spiro atoms. The number of imide groups is 1. The second kappa shape index (κ2) is 5.13. The van der Waals surface area contributed by atoms with E-state index in [1.807, 2.05) is 20.8 Å². The molecule has 1 heterocycles. The molecule has 2 amide bonds. The summed E-state index contributed by atoms with van der Waals surface area (Å²) in [5, 5.41) is 0.514. The molecule has 0 aliphatic carbocycles. The first-order chi connectivity index (χ1) is 6.09. The van der Waals surface area contributed by atoms with Crippen molar-refractivity contribution in [3.63, 3.8) is 0 Å². The quantitative estimate of drug-likeness (QED) is 0.476. The summed E-state index contributed by atoms with van der Waals surface area (Å²) in [5.74, 6) is -0.362. The molecule has 0 saturated carbocycles. The van der Waals surface area contributed by atoms with E-state index in [0.717, 1.165) is 4.90 Å². The summed E-state index contributed by atoms with van der Waals surface area (Å²) in [6.45, 7) is 5.86. The molecular formula is C9H16NO2P. The van der Waals surface area contributed by atoms with Gasteiger partial charge in [-0.05, 0) is 6.42 Å². The molecule has 0 aromatic carbocycles. The van der Waals surface area contributed by atoms with E-state index in [2.05, 4.69) is 9.24 Å². The summed E-state index contributed by atoms with van der Waals surface area (Å²) in [4.78, 5) is 23.4. The molecule has 0 fully saturated rings. The van der Waals surface area contributed by atoms with Crippen molar-refractivity contribution in [2.75, 3.05) is 7.05 Å². The SMILES string of the molecule is CC.CCC1=C(P)C(=O)N(C)C1=O. The Morgan fingerprint density at radius 3 is 1.85 bits per heavy atom. The Morgan fingerprint density at radius 1 is 1.23 bits per heavy atom. The van der Waals surface area contributed by atoms with Crippen molar-refractivity contribution < 1.29 is 9.59 Å². The van der Waals surface area contributed by atoms with Gasteiger partial charge in [0, 0.05) is 17.9 Å². The molecule has 3 nitrogen and oxygen atoms in total. The molecule has 0 aromatic rings. The van der Waals surface area contributed by atoms with Crippen LogP contribution in [0.4, 0.5) is 0 Å². The highest BCUT2D eigenvalue weighted by molar-refractivity contribution is 7.25. The van der Waals surface area contributed by atoms with Gasteiger partial charge < -0.3 is 0 Å². The summed E-state index contributed by atoms with van der Waals surface area (Å²) in [6.07, 6.45) is 0.619. The minimum atomic E-state index is -0.197. The Bertz CT molecular complexity index is 258. The topological polar surface area (TPSA) is 37.4 Å². The number of rotatable bonds is 1. The minimum absolute atomic E-state index is 0.164. The van der Waals surface area contributed by atoms with E-state index in [9.17, 15) is 9.59 Å². The van der Waals surface area contributed by atoms with Crippen molar-refractivity contribution in [2.45, 2.75) is 27.2 Å². The standard InChI is InChI=1S/C7H10NO2P.C2H6/c1-3-4-5(11)7(10)8(2)6(4)9;1-2/h3,11H2,1-2H3;1-2H3. The van der Waals surface area contributed by atoms with Crippen molar-refractivity contribution in [1.82, 2.24) is 4.90 Å². The summed E-state index contributed by atoms with van der Waals surface area (Å²) in [5.41, 5.74) is 0.613. The third kappa shape index (κ3) is 2.16. The highest BCUT2D eigenvalue weighted by atomic mass is 31.0. The maximum atomic E-state index is 11.2. The summed E-state index contributed by atoms with van der Waals surface area (Å²) in [7, 11) is 3.81. The van der Waals surface area contributed by atoms with Crippen LogP contribution in [-0.4, -0.2) is 23.8 Å². The molecule has 1 atom stereocenters. The average Bonchev–Trinajstić information content (AvgIpc) is 2.35. The molecule has 13 heavy (non-hydrogen) atoms. The van der Waals surface area contributed by atoms with Crippen LogP contribution in [0.3, 0.4) is 0 Å². The van der Waals surface area contributed by atoms with Crippen molar-refractivity contribution >= 4 is 21.1 Å². The number of likely N-dealkylation sites (N-methyl/N-ethyl adjacent to an activating group) is 1. The first-order valence-electron chi connectivity index (χ1n) is 4.40. The zero-order valence-corrected chi connectivity index (χ0v) is 9.70. The van der Waals surface area contributed by atoms with Crippen LogP contribution >= 0.6 is 9.24 Å². The lowest BCUT2D eigenvalue weighted by atomic mass is 10.2. The van der Waals surface area contributed by atoms with Gasteiger partial charge in [-0.1, -0.05) is 30.0 Å². The van der Waals surface area contributed by atoms with Gasteiger partial charge in [0.05, 0.1) is 0 Å². The number of carbonyl (C=O) groups is 2. The number of hydrogen-bond donors (Lipinski definition) is 0. The lowest BCUT2D eigenvalue weighted by molar-refractivity contribution is -0.135. The van der Waals surface area contributed by atoms with Crippen LogP contribution < -0.4 is 0 Å². The van der Waals surface area contributed by atoms with Gasteiger partial charge in [-0.25, -0.2) is 0 Å². The highest BCUT2D eigenvalue weighted by Crippen LogP contribution is 2.25. The van der Waals surface area contributed by atoms with Crippen molar-refractivity contribution in [2.24, 2.45) is 0 Å². The summed E-state index contributed by atoms with van der Waals surface area (Å²) in [6, 6.07) is 0. The third-order valence-corrected chi connectivity index (χ3v) is 2.37. The molecule has 1 aliphatic heterocycles. The first-order valence-corrected chi connectivity index (χ1v) is 4.98. The largest absolute Gasteiger partial charge is 0.278 e. The predicted octanol–water partition coefficient (Wildman–Crippen LogP) is 1.55. The van der Waals surface area contributed by atoms with E-state index < -0.39 is 0 Å². The Kier molecular flexibility index (Phi) is 4.86. The predicted molar refractivity (Wildman–Crippen MR) is 56.2 cm³/mol. The van der Waals surface area contributed by atoms with Crippen LogP contribution in [0, 0.1) is 0 Å². The summed E-state index contributed by atoms with van der Waals surface area (Å²) >= 11 is 0. The second-order valence-electron chi connectivity index (χ2n) is 2.42. The highest BCUT2D eigenvalue weighted by Gasteiger charge is 2.31. The first kappa shape index (κ1) is 12.3. The molecule has 1 aliphatic rings. The van der Waals surface area contributed by atoms with E-state index >= 15 is 0 Å². The Balaban J connectivity index is 0.000000671. The number of carbonyl (C=O) groups excluding carboxylic acids is 2. The van der Waals surface area contributed by atoms with Crippen molar-refractivity contribution in [3.8, 4) is 0 Å². The van der Waals surface area contributed by atoms with Gasteiger partial charge in [-0.3, -0.25) is 14.5 Å². The van der Waals surface area contributed by atoms with Crippen LogP contribution in [0.15, 0.2) is 10.9 Å². The smallest absolute Gasteiger partial charge is 0.260 e. The van der Waals surface area contributed by atoms with Gasteiger partial charge in [-0.15, -0.1) is 0 Å². The molecule has 1 rings (SSSR count). The zero-order valence-electron chi connectivity index (χ0n) is 8.55. The van der Waals surface area contributed by atoms with Gasteiger partial charge in [0.2, 0.25) is 0 Å². The molecule has 1 unspecified atom stereocenters. The lowest BCUT2D eigenvalue weighted by Gasteiger charge is -2.04. The van der Waals surface area contributed by atoms with Gasteiger partial charge in [0.15, 0.2) is 0 Å². The normalized spacial score (nSPS) is 16.2. The van der Waals surface area contributed by atoms with E-state index in [4.69, 9.17) is 0 Å². The zero-order chi connectivity index (χ0) is 10.6. The molecule has 0 radical (unpaired) electrons. The van der Waals surface area contributed by atoms with Crippen molar-refractivity contribution in [1.29, 1.82) is 0 Å². The average molecular weight is 201 g/mol. The molecule has 4 heteroatoms. The maximum absolute atomic E-state index is 11.2. The van der Waals surface area contributed by atoms with Gasteiger partial charge in [-0.2, -0.15) is 0 Å². The number of nitrogens with zero attached hydrogens (tertiary/aromatic N) is 1. The van der Waals surface area contributed by atoms with Crippen LogP contribution in [0.25, 0.3) is 0 Å². The van der Waals surface area contributed by atoms with Crippen molar-refractivity contribution in [3.05, 3.63) is 10.9 Å². The fraction of sp³-hybridized carbons (Fsp3) is 0.556. The van der Waals surface area contributed by atoms with E-state index in [-0.39, 0.29) is 11.8 Å². The number of amides is 2. The van der Waals surface area contributed by atoms with Crippen LogP contribution in [0.2, 0.25) is 0 Å².